The number of nitrogens with zero attached hydrogens (tertiary/aromatic N) is 1. The minimum absolute atomic E-state index is 0.00455. The first-order valence-electron chi connectivity index (χ1n) is 5.89. The van der Waals surface area contributed by atoms with Crippen LogP contribution in [0.15, 0.2) is 35.5 Å². The molecule has 3 heteroatoms. The van der Waals surface area contributed by atoms with Crippen molar-refractivity contribution in [2.75, 3.05) is 0 Å². The van der Waals surface area contributed by atoms with Crippen molar-refractivity contribution >= 4 is 5.71 Å². The van der Waals surface area contributed by atoms with Crippen molar-refractivity contribution in [2.45, 2.75) is 31.0 Å². The van der Waals surface area contributed by atoms with Crippen molar-refractivity contribution in [3.8, 4) is 0 Å². The van der Waals surface area contributed by atoms with Gasteiger partial charge in [0.25, 0.3) is 0 Å². The largest absolute Gasteiger partial charge is 0.386 e. The molecule has 2 heterocycles. The Hall–Kier alpha value is -1.35. The van der Waals surface area contributed by atoms with Crippen molar-refractivity contribution in [1.29, 1.82) is 0 Å². The molecule has 2 aliphatic heterocycles. The maximum atomic E-state index is 5.70. The Labute approximate surface area is 94.5 Å². The van der Waals surface area contributed by atoms with Crippen molar-refractivity contribution in [3.05, 3.63) is 35.9 Å². The molecule has 4 unspecified atom stereocenters. The molecule has 0 aromatic heterocycles. The second-order valence-corrected chi connectivity index (χ2v) is 5.08. The van der Waals surface area contributed by atoms with Gasteiger partial charge in [-0.15, -0.1) is 0 Å². The van der Waals surface area contributed by atoms with E-state index in [0.29, 0.717) is 18.0 Å². The Morgan fingerprint density at radius 1 is 1.38 bits per heavy atom. The molecular formula is C13H14N2O. The molecule has 2 fully saturated rings. The predicted molar refractivity (Wildman–Crippen MR) is 61.3 cm³/mol. The summed E-state index contributed by atoms with van der Waals surface area (Å²) in [6, 6.07) is 11.4. The van der Waals surface area contributed by atoms with Crippen LogP contribution in [0.3, 0.4) is 0 Å². The van der Waals surface area contributed by atoms with Crippen LogP contribution in [0, 0.1) is 5.92 Å². The average molecular weight is 214 g/mol. The predicted octanol–water partition coefficient (Wildman–Crippen LogP) is 1.54. The SMILES string of the molecule is CC1NC2CC23ON=C(c2ccccc2)C13. The number of oxime groups is 1. The molecule has 4 atom stereocenters. The lowest BCUT2D eigenvalue weighted by Crippen LogP contribution is -2.34. The summed E-state index contributed by atoms with van der Waals surface area (Å²) in [5.74, 6) is 0.430. The number of benzene rings is 1. The minimum Gasteiger partial charge on any atom is -0.386 e. The van der Waals surface area contributed by atoms with E-state index < -0.39 is 0 Å². The van der Waals surface area contributed by atoms with Gasteiger partial charge in [-0.2, -0.15) is 0 Å². The van der Waals surface area contributed by atoms with Gasteiger partial charge in [0, 0.05) is 12.5 Å². The zero-order valence-corrected chi connectivity index (χ0v) is 9.18. The van der Waals surface area contributed by atoms with E-state index in [2.05, 4.69) is 41.7 Å². The van der Waals surface area contributed by atoms with Crippen LogP contribution >= 0.6 is 0 Å². The summed E-state index contributed by atoms with van der Waals surface area (Å²) in [6.07, 6.45) is 1.11. The summed E-state index contributed by atoms with van der Waals surface area (Å²) in [4.78, 5) is 5.70. The highest BCUT2D eigenvalue weighted by Gasteiger charge is 2.72. The molecule has 1 saturated heterocycles. The standard InChI is InChI=1S/C13H14N2O/c1-8-11-12(9-5-3-2-4-6-9)15-16-13(11)7-10(13)14-8/h2-6,8,10-11,14H,7H2,1H3. The Morgan fingerprint density at radius 2 is 2.19 bits per heavy atom. The van der Waals surface area contributed by atoms with Crippen LogP contribution in [0.1, 0.15) is 18.9 Å². The zero-order valence-electron chi connectivity index (χ0n) is 9.18. The third kappa shape index (κ3) is 0.901. The lowest BCUT2D eigenvalue weighted by molar-refractivity contribution is 0.0455. The lowest BCUT2D eigenvalue weighted by Gasteiger charge is -2.18. The highest BCUT2D eigenvalue weighted by molar-refractivity contribution is 6.04. The van der Waals surface area contributed by atoms with Gasteiger partial charge in [-0.3, -0.25) is 0 Å². The summed E-state index contributed by atoms with van der Waals surface area (Å²) >= 11 is 0. The normalized spacial score (nSPS) is 43.3. The Morgan fingerprint density at radius 3 is 3.00 bits per heavy atom. The van der Waals surface area contributed by atoms with Crippen LogP contribution in [0.5, 0.6) is 0 Å². The summed E-state index contributed by atoms with van der Waals surface area (Å²) in [5, 5.41) is 7.91. The van der Waals surface area contributed by atoms with E-state index in [0.717, 1.165) is 12.1 Å². The molecule has 0 bridgehead atoms. The van der Waals surface area contributed by atoms with E-state index in [1.807, 2.05) is 6.07 Å². The second-order valence-electron chi connectivity index (χ2n) is 5.08. The first kappa shape index (κ1) is 8.76. The fourth-order valence-electron chi connectivity index (χ4n) is 3.30. The molecule has 1 aliphatic carbocycles. The van der Waals surface area contributed by atoms with Gasteiger partial charge in [-0.25, -0.2) is 0 Å². The van der Waals surface area contributed by atoms with Gasteiger partial charge < -0.3 is 10.2 Å². The summed E-state index contributed by atoms with van der Waals surface area (Å²) in [6.45, 7) is 2.23. The molecule has 3 aliphatic rings. The molecule has 3 nitrogen and oxygen atoms in total. The van der Waals surface area contributed by atoms with E-state index in [1.54, 1.807) is 0 Å². The summed E-state index contributed by atoms with van der Waals surface area (Å²) < 4.78 is 0. The first-order valence-corrected chi connectivity index (χ1v) is 5.89. The van der Waals surface area contributed by atoms with Crippen molar-refractivity contribution in [1.82, 2.24) is 5.32 Å². The van der Waals surface area contributed by atoms with Gasteiger partial charge in [0.05, 0.1) is 17.7 Å². The molecular weight excluding hydrogens is 200 g/mol. The maximum absolute atomic E-state index is 5.70. The smallest absolute Gasteiger partial charge is 0.164 e. The molecule has 16 heavy (non-hydrogen) atoms. The van der Waals surface area contributed by atoms with E-state index in [-0.39, 0.29) is 5.60 Å². The zero-order chi connectivity index (χ0) is 10.8. The highest BCUT2D eigenvalue weighted by Crippen LogP contribution is 2.56. The fraction of sp³-hybridized carbons (Fsp3) is 0.462. The molecule has 1 saturated carbocycles. The quantitative estimate of drug-likeness (QED) is 0.769. The number of rotatable bonds is 1. The Kier molecular flexibility index (Phi) is 1.46. The maximum Gasteiger partial charge on any atom is 0.164 e. The van der Waals surface area contributed by atoms with Gasteiger partial charge >= 0.3 is 0 Å². The average Bonchev–Trinajstić information content (AvgIpc) is 2.71. The molecule has 0 radical (unpaired) electrons. The molecule has 0 amide bonds. The monoisotopic (exact) mass is 214 g/mol. The fourth-order valence-corrected chi connectivity index (χ4v) is 3.30. The second kappa shape index (κ2) is 2.66. The third-order valence-electron chi connectivity index (χ3n) is 4.12. The van der Waals surface area contributed by atoms with Gasteiger partial charge in [0.2, 0.25) is 0 Å². The van der Waals surface area contributed by atoms with Crippen LogP contribution in [-0.2, 0) is 4.84 Å². The van der Waals surface area contributed by atoms with E-state index >= 15 is 0 Å². The van der Waals surface area contributed by atoms with Crippen LogP contribution in [0.4, 0.5) is 0 Å². The number of hydrogen-bond donors (Lipinski definition) is 1. The molecule has 1 aromatic rings. The van der Waals surface area contributed by atoms with Crippen molar-refractivity contribution < 1.29 is 4.84 Å². The first-order chi connectivity index (χ1) is 7.81. The summed E-state index contributed by atoms with van der Waals surface area (Å²) in [5.41, 5.74) is 2.33. The van der Waals surface area contributed by atoms with E-state index in [1.165, 1.54) is 5.56 Å². The van der Waals surface area contributed by atoms with Gasteiger partial charge in [-0.05, 0) is 12.5 Å². The Balaban J connectivity index is 1.76. The highest BCUT2D eigenvalue weighted by atomic mass is 16.7. The number of piperidine rings is 1. The van der Waals surface area contributed by atoms with Gasteiger partial charge in [0.15, 0.2) is 5.60 Å². The Bertz CT molecular complexity index is 470. The van der Waals surface area contributed by atoms with Crippen LogP contribution < -0.4 is 5.32 Å². The molecule has 82 valence electrons. The summed E-state index contributed by atoms with van der Waals surface area (Å²) in [7, 11) is 0. The molecule has 1 N–H and O–H groups in total. The lowest BCUT2D eigenvalue weighted by atomic mass is 9.87. The molecule has 1 spiro atoms. The third-order valence-corrected chi connectivity index (χ3v) is 4.12. The topological polar surface area (TPSA) is 33.6 Å². The van der Waals surface area contributed by atoms with Crippen LogP contribution in [-0.4, -0.2) is 23.4 Å². The van der Waals surface area contributed by atoms with Crippen molar-refractivity contribution in [2.24, 2.45) is 11.1 Å². The van der Waals surface area contributed by atoms with E-state index in [9.17, 15) is 0 Å². The molecule has 4 rings (SSSR count). The molecule has 1 aromatic carbocycles. The van der Waals surface area contributed by atoms with Crippen molar-refractivity contribution in [3.63, 3.8) is 0 Å². The number of hydrogen-bond acceptors (Lipinski definition) is 3. The minimum atomic E-state index is 0.00455. The number of nitrogens with one attached hydrogen (secondary N) is 1. The van der Waals surface area contributed by atoms with E-state index in [4.69, 9.17) is 4.84 Å². The van der Waals surface area contributed by atoms with Gasteiger partial charge in [-0.1, -0.05) is 35.5 Å². The van der Waals surface area contributed by atoms with Gasteiger partial charge in [0.1, 0.15) is 0 Å². The van der Waals surface area contributed by atoms with Crippen LogP contribution in [0.25, 0.3) is 0 Å². The van der Waals surface area contributed by atoms with Crippen LogP contribution in [0.2, 0.25) is 0 Å².